The molecular weight excluding hydrogens is 318 g/mol. The van der Waals surface area contributed by atoms with Gasteiger partial charge in [0, 0.05) is 11.1 Å². The Bertz CT molecular complexity index is 678. The summed E-state index contributed by atoms with van der Waals surface area (Å²) in [6.45, 7) is 5.94. The van der Waals surface area contributed by atoms with Crippen LogP contribution in [0.15, 0.2) is 18.2 Å². The molecular formula is C15H19N3O6. The number of amides is 3. The smallest absolute Gasteiger partial charge is 0.345 e. The van der Waals surface area contributed by atoms with E-state index in [2.05, 4.69) is 5.32 Å². The van der Waals surface area contributed by atoms with Crippen LogP contribution in [0.3, 0.4) is 0 Å². The summed E-state index contributed by atoms with van der Waals surface area (Å²) in [6, 6.07) is 3.46. The number of carbonyl (C=O) groups excluding carboxylic acids is 3. The Labute approximate surface area is 138 Å². The van der Waals surface area contributed by atoms with E-state index < -0.39 is 35.0 Å². The predicted octanol–water partition coefficient (Wildman–Crippen LogP) is 1.68. The largest absolute Gasteiger partial charge is 0.452 e. The summed E-state index contributed by atoms with van der Waals surface area (Å²) >= 11 is 0. The summed E-state index contributed by atoms with van der Waals surface area (Å²) < 4.78 is 4.73. The van der Waals surface area contributed by atoms with E-state index in [1.54, 1.807) is 20.8 Å². The van der Waals surface area contributed by atoms with Crippen molar-refractivity contribution in [1.82, 2.24) is 10.6 Å². The number of nitrogens with one attached hydrogen (secondary N) is 2. The molecule has 0 saturated heterocycles. The fourth-order valence-corrected chi connectivity index (χ4v) is 1.81. The van der Waals surface area contributed by atoms with Gasteiger partial charge in [-0.15, -0.1) is 0 Å². The molecule has 0 bridgehead atoms. The fourth-order valence-electron chi connectivity index (χ4n) is 1.81. The summed E-state index contributed by atoms with van der Waals surface area (Å²) in [6.07, 6.45) is 0. The second-order valence-electron chi connectivity index (χ2n) is 6.06. The van der Waals surface area contributed by atoms with Gasteiger partial charge in [0.25, 0.3) is 11.6 Å². The maximum atomic E-state index is 11.9. The summed E-state index contributed by atoms with van der Waals surface area (Å²) in [4.78, 5) is 45.3. The van der Waals surface area contributed by atoms with Gasteiger partial charge in [0.1, 0.15) is 5.56 Å². The van der Waals surface area contributed by atoms with Gasteiger partial charge < -0.3 is 10.1 Å². The Balaban J connectivity index is 2.67. The Morgan fingerprint density at radius 3 is 2.42 bits per heavy atom. The van der Waals surface area contributed by atoms with Crippen LogP contribution in [0.25, 0.3) is 0 Å². The van der Waals surface area contributed by atoms with Gasteiger partial charge in [-0.1, -0.05) is 12.1 Å². The van der Waals surface area contributed by atoms with Crippen molar-refractivity contribution >= 4 is 23.6 Å². The minimum atomic E-state index is -1.02. The van der Waals surface area contributed by atoms with Crippen molar-refractivity contribution in [1.29, 1.82) is 0 Å². The minimum Gasteiger partial charge on any atom is -0.452 e. The number of hydrogen-bond donors (Lipinski definition) is 2. The lowest BCUT2D eigenvalue weighted by Gasteiger charge is -2.20. The van der Waals surface area contributed by atoms with Crippen molar-refractivity contribution in [2.24, 2.45) is 0 Å². The summed E-state index contributed by atoms with van der Waals surface area (Å²) in [5, 5.41) is 15.5. The van der Waals surface area contributed by atoms with E-state index in [1.165, 1.54) is 25.1 Å². The average Bonchev–Trinajstić information content (AvgIpc) is 2.41. The van der Waals surface area contributed by atoms with Gasteiger partial charge in [-0.05, 0) is 33.8 Å². The number of nitro groups is 1. The number of aryl methyl sites for hydroxylation is 1. The number of ether oxygens (including phenoxy) is 1. The molecule has 0 aliphatic rings. The molecule has 9 heteroatoms. The number of hydrogen-bond acceptors (Lipinski definition) is 6. The number of nitrogens with zero attached hydrogens (tertiary/aromatic N) is 1. The second kappa shape index (κ2) is 7.53. The zero-order chi connectivity index (χ0) is 18.5. The SMILES string of the molecule is Cc1cccc(C(=O)OCC(=O)NC(=O)NC(C)(C)C)c1[N+](=O)[O-]. The average molecular weight is 337 g/mol. The molecule has 0 radical (unpaired) electrons. The van der Waals surface area contributed by atoms with Gasteiger partial charge in [0.05, 0.1) is 4.92 Å². The molecule has 0 aliphatic carbocycles. The maximum absolute atomic E-state index is 11.9. The Morgan fingerprint density at radius 2 is 1.88 bits per heavy atom. The summed E-state index contributed by atoms with van der Waals surface area (Å²) in [5.41, 5.74) is -0.882. The van der Waals surface area contributed by atoms with Crippen molar-refractivity contribution in [2.45, 2.75) is 33.2 Å². The van der Waals surface area contributed by atoms with Crippen molar-refractivity contribution in [2.75, 3.05) is 6.61 Å². The van der Waals surface area contributed by atoms with Gasteiger partial charge in [-0.25, -0.2) is 9.59 Å². The lowest BCUT2D eigenvalue weighted by Crippen LogP contribution is -2.49. The van der Waals surface area contributed by atoms with Gasteiger partial charge in [0.2, 0.25) is 0 Å². The first kappa shape index (κ1) is 19.1. The maximum Gasteiger partial charge on any atom is 0.345 e. The molecule has 130 valence electrons. The number of rotatable bonds is 4. The standard InChI is InChI=1S/C15H19N3O6/c1-9-6-5-7-10(12(9)18(22)23)13(20)24-8-11(19)16-14(21)17-15(2,3)4/h5-7H,8H2,1-4H3,(H2,16,17,19,21). The summed E-state index contributed by atoms with van der Waals surface area (Å²) in [7, 11) is 0. The molecule has 0 aromatic heterocycles. The molecule has 0 fully saturated rings. The Kier molecular flexibility index (Phi) is 5.99. The molecule has 0 heterocycles. The molecule has 0 saturated carbocycles. The lowest BCUT2D eigenvalue weighted by atomic mass is 10.1. The Hall–Kier alpha value is -2.97. The van der Waals surface area contributed by atoms with Crippen LogP contribution in [-0.4, -0.2) is 35.0 Å². The molecule has 0 atom stereocenters. The number of carbonyl (C=O) groups is 3. The van der Waals surface area contributed by atoms with Crippen LogP contribution in [0.1, 0.15) is 36.7 Å². The van der Waals surface area contributed by atoms with E-state index in [-0.39, 0.29) is 11.3 Å². The third kappa shape index (κ3) is 5.67. The highest BCUT2D eigenvalue weighted by molar-refractivity contribution is 5.98. The van der Waals surface area contributed by atoms with E-state index in [4.69, 9.17) is 4.74 Å². The first-order valence-electron chi connectivity index (χ1n) is 7.04. The molecule has 0 aliphatic heterocycles. The van der Waals surface area contributed by atoms with Crippen molar-refractivity contribution in [3.63, 3.8) is 0 Å². The van der Waals surface area contributed by atoms with Crippen LogP contribution in [0, 0.1) is 17.0 Å². The van der Waals surface area contributed by atoms with Gasteiger partial charge >= 0.3 is 12.0 Å². The lowest BCUT2D eigenvalue weighted by molar-refractivity contribution is -0.385. The van der Waals surface area contributed by atoms with E-state index in [0.29, 0.717) is 5.56 Å². The zero-order valence-corrected chi connectivity index (χ0v) is 13.8. The molecule has 9 nitrogen and oxygen atoms in total. The molecule has 0 spiro atoms. The molecule has 24 heavy (non-hydrogen) atoms. The van der Waals surface area contributed by atoms with Crippen LogP contribution in [0.4, 0.5) is 10.5 Å². The predicted molar refractivity (Wildman–Crippen MR) is 84.5 cm³/mol. The molecule has 1 aromatic rings. The van der Waals surface area contributed by atoms with E-state index in [9.17, 15) is 24.5 Å². The fraction of sp³-hybridized carbons (Fsp3) is 0.400. The Morgan fingerprint density at radius 1 is 1.25 bits per heavy atom. The first-order valence-corrected chi connectivity index (χ1v) is 7.04. The quantitative estimate of drug-likeness (QED) is 0.489. The van der Waals surface area contributed by atoms with E-state index in [1.807, 2.05) is 5.32 Å². The number of imide groups is 1. The number of esters is 1. The van der Waals surface area contributed by atoms with Crippen molar-refractivity contribution in [3.05, 3.63) is 39.4 Å². The highest BCUT2D eigenvalue weighted by Crippen LogP contribution is 2.23. The summed E-state index contributed by atoms with van der Waals surface area (Å²) in [5.74, 6) is -1.86. The molecule has 2 N–H and O–H groups in total. The topological polar surface area (TPSA) is 128 Å². The van der Waals surface area contributed by atoms with Gasteiger partial charge in [-0.3, -0.25) is 20.2 Å². The van der Waals surface area contributed by atoms with Crippen molar-refractivity contribution in [3.8, 4) is 0 Å². The highest BCUT2D eigenvalue weighted by atomic mass is 16.6. The normalized spacial score (nSPS) is 10.7. The minimum absolute atomic E-state index is 0.257. The molecule has 3 amide bonds. The van der Waals surface area contributed by atoms with Crippen LogP contribution in [0.2, 0.25) is 0 Å². The molecule has 1 aromatic carbocycles. The number of nitro benzene ring substituents is 1. The van der Waals surface area contributed by atoms with E-state index in [0.717, 1.165) is 0 Å². The number of urea groups is 1. The van der Waals surface area contributed by atoms with Crippen LogP contribution in [0.5, 0.6) is 0 Å². The molecule has 1 rings (SSSR count). The third-order valence-electron chi connectivity index (χ3n) is 2.72. The highest BCUT2D eigenvalue weighted by Gasteiger charge is 2.24. The van der Waals surface area contributed by atoms with Gasteiger partial charge in [0.15, 0.2) is 6.61 Å². The molecule has 0 unspecified atom stereocenters. The number of para-hydroxylation sites is 1. The second-order valence-corrected chi connectivity index (χ2v) is 6.06. The number of benzene rings is 1. The van der Waals surface area contributed by atoms with Crippen LogP contribution in [-0.2, 0) is 9.53 Å². The zero-order valence-electron chi connectivity index (χ0n) is 13.8. The first-order chi connectivity index (χ1) is 11.0. The third-order valence-corrected chi connectivity index (χ3v) is 2.72. The van der Waals surface area contributed by atoms with E-state index >= 15 is 0 Å². The van der Waals surface area contributed by atoms with Crippen LogP contribution >= 0.6 is 0 Å². The monoisotopic (exact) mass is 337 g/mol. The van der Waals surface area contributed by atoms with Gasteiger partial charge in [-0.2, -0.15) is 0 Å². The van der Waals surface area contributed by atoms with Crippen molar-refractivity contribution < 1.29 is 24.0 Å². The van der Waals surface area contributed by atoms with Crippen LogP contribution < -0.4 is 10.6 Å².